The number of amides is 1. The summed E-state index contributed by atoms with van der Waals surface area (Å²) in [7, 11) is 0. The molecule has 0 spiro atoms. The molecule has 0 aliphatic carbocycles. The summed E-state index contributed by atoms with van der Waals surface area (Å²) in [6.07, 6.45) is 2.15. The van der Waals surface area contributed by atoms with Crippen molar-refractivity contribution in [3.63, 3.8) is 0 Å². The normalized spacial score (nSPS) is 12.1. The zero-order chi connectivity index (χ0) is 13.5. The molecule has 0 saturated carbocycles. The fraction of sp³-hybridized carbons (Fsp3) is 0.267. The average molecular weight is 258 g/mol. The van der Waals surface area contributed by atoms with E-state index >= 15 is 0 Å². The third-order valence-electron chi connectivity index (χ3n) is 2.97. The van der Waals surface area contributed by atoms with Crippen LogP contribution in [0.1, 0.15) is 23.7 Å². The van der Waals surface area contributed by atoms with Gasteiger partial charge in [-0.1, -0.05) is 30.3 Å². The average Bonchev–Trinajstić information content (AvgIpc) is 2.97. The van der Waals surface area contributed by atoms with Crippen molar-refractivity contribution in [2.24, 2.45) is 5.73 Å². The molecule has 1 amide bonds. The van der Waals surface area contributed by atoms with E-state index in [4.69, 9.17) is 10.2 Å². The highest BCUT2D eigenvalue weighted by molar-refractivity contribution is 5.82. The Morgan fingerprint density at radius 3 is 2.63 bits per heavy atom. The van der Waals surface area contributed by atoms with Crippen LogP contribution in [-0.2, 0) is 11.3 Å². The van der Waals surface area contributed by atoms with E-state index in [9.17, 15) is 4.79 Å². The number of carbonyl (C=O) groups excluding carboxylic acids is 1. The molecular weight excluding hydrogens is 240 g/mol. The molecule has 4 heteroatoms. The van der Waals surface area contributed by atoms with Crippen LogP contribution in [0.5, 0.6) is 0 Å². The third kappa shape index (κ3) is 3.69. The Kier molecular flexibility index (Phi) is 4.75. The number of hydrogen-bond acceptors (Lipinski definition) is 3. The van der Waals surface area contributed by atoms with E-state index in [1.807, 2.05) is 36.4 Å². The van der Waals surface area contributed by atoms with Gasteiger partial charge in [0.1, 0.15) is 5.76 Å². The topological polar surface area (TPSA) is 68.3 Å². The predicted octanol–water partition coefficient (Wildman–Crippen LogP) is 2.03. The Bertz CT molecular complexity index is 494. The van der Waals surface area contributed by atoms with Crippen LogP contribution in [0.3, 0.4) is 0 Å². The number of nitrogens with one attached hydrogen (secondary N) is 1. The van der Waals surface area contributed by atoms with Gasteiger partial charge in [0, 0.05) is 6.54 Å². The molecule has 0 aliphatic heterocycles. The van der Waals surface area contributed by atoms with E-state index in [1.165, 1.54) is 0 Å². The molecule has 1 unspecified atom stereocenters. The maximum Gasteiger partial charge on any atom is 0.231 e. The van der Waals surface area contributed by atoms with Gasteiger partial charge < -0.3 is 15.5 Å². The summed E-state index contributed by atoms with van der Waals surface area (Å²) in [6.45, 7) is 0.964. The Balaban J connectivity index is 1.97. The van der Waals surface area contributed by atoms with Crippen LogP contribution in [0.25, 0.3) is 0 Å². The van der Waals surface area contributed by atoms with E-state index in [2.05, 4.69) is 5.32 Å². The molecule has 1 atom stereocenters. The van der Waals surface area contributed by atoms with Crippen molar-refractivity contribution in [3.8, 4) is 0 Å². The van der Waals surface area contributed by atoms with Crippen molar-refractivity contribution < 1.29 is 9.21 Å². The second-order valence-corrected chi connectivity index (χ2v) is 4.35. The summed E-state index contributed by atoms with van der Waals surface area (Å²) in [4.78, 5) is 12.2. The van der Waals surface area contributed by atoms with E-state index in [0.717, 1.165) is 5.56 Å². The van der Waals surface area contributed by atoms with Crippen molar-refractivity contribution in [3.05, 3.63) is 60.1 Å². The molecular formula is C15H18N2O2. The van der Waals surface area contributed by atoms with Gasteiger partial charge in [0.15, 0.2) is 0 Å². The summed E-state index contributed by atoms with van der Waals surface area (Å²) in [6, 6.07) is 13.4. The summed E-state index contributed by atoms with van der Waals surface area (Å²) in [5.74, 6) is 0.295. The van der Waals surface area contributed by atoms with Gasteiger partial charge in [-0.2, -0.15) is 0 Å². The molecule has 0 fully saturated rings. The highest BCUT2D eigenvalue weighted by atomic mass is 16.3. The molecule has 2 aromatic rings. The largest absolute Gasteiger partial charge is 0.469 e. The maximum atomic E-state index is 12.2. The smallest absolute Gasteiger partial charge is 0.231 e. The van der Waals surface area contributed by atoms with Gasteiger partial charge in [-0.05, 0) is 30.7 Å². The van der Waals surface area contributed by atoms with E-state index in [0.29, 0.717) is 25.3 Å². The van der Waals surface area contributed by atoms with Gasteiger partial charge in [-0.25, -0.2) is 0 Å². The first-order valence-electron chi connectivity index (χ1n) is 6.36. The lowest BCUT2D eigenvalue weighted by atomic mass is 10.0. The monoisotopic (exact) mass is 258 g/mol. The van der Waals surface area contributed by atoms with Crippen molar-refractivity contribution in [2.45, 2.75) is 18.9 Å². The first-order chi connectivity index (χ1) is 9.31. The van der Waals surface area contributed by atoms with Crippen molar-refractivity contribution in [2.75, 3.05) is 6.54 Å². The number of carbonyl (C=O) groups is 1. The number of nitrogens with two attached hydrogens (primary N) is 1. The Morgan fingerprint density at radius 1 is 1.21 bits per heavy atom. The molecule has 1 aromatic carbocycles. The first-order valence-corrected chi connectivity index (χ1v) is 6.36. The lowest BCUT2D eigenvalue weighted by Crippen LogP contribution is -2.30. The number of rotatable bonds is 6. The molecule has 19 heavy (non-hydrogen) atoms. The van der Waals surface area contributed by atoms with Crippen LogP contribution >= 0.6 is 0 Å². The van der Waals surface area contributed by atoms with Crippen molar-refractivity contribution in [1.29, 1.82) is 0 Å². The van der Waals surface area contributed by atoms with Crippen LogP contribution < -0.4 is 11.1 Å². The molecule has 100 valence electrons. The highest BCUT2D eigenvalue weighted by Crippen LogP contribution is 2.19. The molecule has 0 saturated heterocycles. The van der Waals surface area contributed by atoms with Crippen LogP contribution in [-0.4, -0.2) is 12.5 Å². The van der Waals surface area contributed by atoms with Crippen molar-refractivity contribution in [1.82, 2.24) is 5.32 Å². The molecule has 3 N–H and O–H groups in total. The number of benzene rings is 1. The quantitative estimate of drug-likeness (QED) is 0.833. The van der Waals surface area contributed by atoms with Gasteiger partial charge in [-0.15, -0.1) is 0 Å². The molecule has 0 radical (unpaired) electrons. The Hall–Kier alpha value is -2.07. The molecule has 0 bridgehead atoms. The fourth-order valence-corrected chi connectivity index (χ4v) is 1.97. The minimum absolute atomic E-state index is 0.0516. The highest BCUT2D eigenvalue weighted by Gasteiger charge is 2.21. The minimum Gasteiger partial charge on any atom is -0.469 e. The van der Waals surface area contributed by atoms with Gasteiger partial charge in [0.25, 0.3) is 0 Å². The summed E-state index contributed by atoms with van der Waals surface area (Å²) >= 11 is 0. The van der Waals surface area contributed by atoms with Crippen molar-refractivity contribution >= 4 is 5.91 Å². The minimum atomic E-state index is -0.316. The van der Waals surface area contributed by atoms with Gasteiger partial charge >= 0.3 is 0 Å². The third-order valence-corrected chi connectivity index (χ3v) is 2.97. The van der Waals surface area contributed by atoms with Gasteiger partial charge in [0.2, 0.25) is 5.91 Å². The van der Waals surface area contributed by atoms with E-state index in [-0.39, 0.29) is 11.8 Å². The molecule has 2 rings (SSSR count). The lowest BCUT2D eigenvalue weighted by molar-refractivity contribution is -0.123. The molecule has 0 aliphatic rings. The summed E-state index contributed by atoms with van der Waals surface area (Å²) < 4.78 is 5.30. The van der Waals surface area contributed by atoms with E-state index in [1.54, 1.807) is 12.3 Å². The molecule has 4 nitrogen and oxygen atoms in total. The lowest BCUT2D eigenvalue weighted by Gasteiger charge is -2.13. The molecule has 1 aromatic heterocycles. The van der Waals surface area contributed by atoms with E-state index < -0.39 is 0 Å². The summed E-state index contributed by atoms with van der Waals surface area (Å²) in [5.41, 5.74) is 6.63. The summed E-state index contributed by atoms with van der Waals surface area (Å²) in [5, 5.41) is 2.92. The zero-order valence-corrected chi connectivity index (χ0v) is 10.7. The SMILES string of the molecule is NCCC(C(=O)NCc1ccccc1)c1ccco1. The van der Waals surface area contributed by atoms with Gasteiger partial charge in [0.05, 0.1) is 12.2 Å². The standard InChI is InChI=1S/C15H18N2O2/c16-9-8-13(14-7-4-10-19-14)15(18)17-11-12-5-2-1-3-6-12/h1-7,10,13H,8-9,11,16H2,(H,17,18). The van der Waals surface area contributed by atoms with Crippen LogP contribution in [0, 0.1) is 0 Å². The van der Waals surface area contributed by atoms with Crippen LogP contribution in [0.2, 0.25) is 0 Å². The Morgan fingerprint density at radius 2 is 2.00 bits per heavy atom. The second-order valence-electron chi connectivity index (χ2n) is 4.35. The van der Waals surface area contributed by atoms with Crippen LogP contribution in [0.15, 0.2) is 53.1 Å². The Labute approximate surface area is 112 Å². The maximum absolute atomic E-state index is 12.2. The fourth-order valence-electron chi connectivity index (χ4n) is 1.97. The first kappa shape index (κ1) is 13.4. The zero-order valence-electron chi connectivity index (χ0n) is 10.7. The van der Waals surface area contributed by atoms with Gasteiger partial charge in [-0.3, -0.25) is 4.79 Å². The number of hydrogen-bond donors (Lipinski definition) is 2. The predicted molar refractivity (Wildman–Crippen MR) is 73.4 cm³/mol. The second kappa shape index (κ2) is 6.75. The van der Waals surface area contributed by atoms with Crippen LogP contribution in [0.4, 0.5) is 0 Å². The molecule has 1 heterocycles. The number of furan rings is 1.